The van der Waals surface area contributed by atoms with Gasteiger partial charge in [-0.3, -0.25) is 9.78 Å². The van der Waals surface area contributed by atoms with E-state index in [9.17, 15) is 17.6 Å². The Bertz CT molecular complexity index is 1210. The normalized spacial score (nSPS) is 17.7. The predicted molar refractivity (Wildman–Crippen MR) is 113 cm³/mol. The largest absolute Gasteiger partial charge is 0.323 e. The summed E-state index contributed by atoms with van der Waals surface area (Å²) >= 11 is 5.74. The molecular weight excluding hydrogens is 429 g/mol. The summed E-state index contributed by atoms with van der Waals surface area (Å²) in [5.74, 6) is -1.66. The van der Waals surface area contributed by atoms with Gasteiger partial charge in [0.05, 0.1) is 17.1 Å². The Morgan fingerprint density at radius 1 is 1.20 bits per heavy atom. The van der Waals surface area contributed by atoms with Gasteiger partial charge in [0.2, 0.25) is 15.9 Å². The van der Waals surface area contributed by atoms with Crippen LogP contribution in [0.1, 0.15) is 12.8 Å². The number of rotatable bonds is 4. The number of sulfonamides is 1. The fraction of sp³-hybridized carbons (Fsp3) is 0.238. The lowest BCUT2D eigenvalue weighted by atomic mass is 9.98. The van der Waals surface area contributed by atoms with E-state index in [0.29, 0.717) is 24.9 Å². The molecule has 1 N–H and O–H groups in total. The van der Waals surface area contributed by atoms with Gasteiger partial charge >= 0.3 is 0 Å². The van der Waals surface area contributed by atoms with E-state index in [2.05, 4.69) is 10.3 Å². The second kappa shape index (κ2) is 8.29. The van der Waals surface area contributed by atoms with Gasteiger partial charge in [0, 0.05) is 29.7 Å². The summed E-state index contributed by atoms with van der Waals surface area (Å²) in [6.45, 7) is 0.331. The molecule has 156 valence electrons. The zero-order chi connectivity index (χ0) is 21.3. The van der Waals surface area contributed by atoms with Gasteiger partial charge in [-0.25, -0.2) is 12.8 Å². The number of benzene rings is 2. The molecule has 4 rings (SSSR count). The van der Waals surface area contributed by atoms with E-state index < -0.39 is 27.7 Å². The van der Waals surface area contributed by atoms with Crippen LogP contribution in [0.25, 0.3) is 10.9 Å². The average Bonchev–Trinajstić information content (AvgIpc) is 2.75. The topological polar surface area (TPSA) is 79.4 Å². The third kappa shape index (κ3) is 4.03. The number of para-hydroxylation sites is 1. The van der Waals surface area contributed by atoms with Crippen molar-refractivity contribution in [2.24, 2.45) is 5.92 Å². The van der Waals surface area contributed by atoms with E-state index in [4.69, 9.17) is 11.6 Å². The van der Waals surface area contributed by atoms with E-state index in [-0.39, 0.29) is 22.2 Å². The first kappa shape index (κ1) is 20.7. The number of halogens is 2. The van der Waals surface area contributed by atoms with Gasteiger partial charge in [0.1, 0.15) is 10.7 Å². The predicted octanol–water partition coefficient (Wildman–Crippen LogP) is 4.07. The van der Waals surface area contributed by atoms with Crippen LogP contribution in [-0.2, 0) is 14.8 Å². The molecule has 0 radical (unpaired) electrons. The molecule has 1 aliphatic heterocycles. The lowest BCUT2D eigenvalue weighted by Crippen LogP contribution is -2.43. The number of nitrogens with one attached hydrogen (secondary N) is 1. The number of fused-ring (bicyclic) bond motifs is 1. The van der Waals surface area contributed by atoms with Crippen LogP contribution in [0.2, 0.25) is 5.02 Å². The molecule has 1 aliphatic rings. The standard InChI is InChI=1S/C21H19ClFN3O3S/c22-16-8-9-18(17(23)12-16)25-21(27)15-6-3-11-26(13-15)30(28,29)19-7-1-4-14-5-2-10-24-20(14)19/h1-2,4-5,7-10,12,15H,3,6,11,13H2,(H,25,27)/t15-/m0/s1. The minimum absolute atomic E-state index is 0.0163. The van der Waals surface area contributed by atoms with Crippen molar-refractivity contribution in [1.29, 1.82) is 0 Å². The number of nitrogens with zero attached hydrogens (tertiary/aromatic N) is 2. The number of aromatic nitrogens is 1. The molecule has 3 aromatic rings. The number of carbonyl (C=O) groups excluding carboxylic acids is 1. The highest BCUT2D eigenvalue weighted by atomic mass is 35.5. The van der Waals surface area contributed by atoms with Gasteiger partial charge in [0.25, 0.3) is 0 Å². The maximum Gasteiger partial charge on any atom is 0.245 e. The number of piperidine rings is 1. The molecule has 2 aromatic carbocycles. The molecule has 0 unspecified atom stereocenters. The van der Waals surface area contributed by atoms with Crippen LogP contribution in [0, 0.1) is 11.7 Å². The summed E-state index contributed by atoms with van der Waals surface area (Å²) < 4.78 is 41.9. The minimum atomic E-state index is -3.84. The SMILES string of the molecule is O=C(Nc1ccc(Cl)cc1F)[C@H]1CCCN(S(=O)(=O)c2cccc3cccnc23)C1. The number of pyridine rings is 1. The highest BCUT2D eigenvalue weighted by Crippen LogP contribution is 2.29. The van der Waals surface area contributed by atoms with Gasteiger partial charge in [0.15, 0.2) is 0 Å². The molecule has 0 bridgehead atoms. The van der Waals surface area contributed by atoms with Crippen molar-refractivity contribution >= 4 is 44.1 Å². The summed E-state index contributed by atoms with van der Waals surface area (Å²) in [6.07, 6.45) is 2.59. The molecule has 1 fully saturated rings. The average molecular weight is 448 g/mol. The first-order valence-electron chi connectivity index (χ1n) is 9.46. The van der Waals surface area contributed by atoms with Crippen LogP contribution in [-0.4, -0.2) is 36.7 Å². The third-order valence-corrected chi connectivity index (χ3v) is 7.29. The summed E-state index contributed by atoms with van der Waals surface area (Å²) in [5, 5.41) is 3.49. The van der Waals surface area contributed by atoms with Gasteiger partial charge in [-0.2, -0.15) is 4.31 Å². The Hall–Kier alpha value is -2.55. The molecule has 1 atom stereocenters. The number of hydrogen-bond acceptors (Lipinski definition) is 4. The summed E-state index contributed by atoms with van der Waals surface area (Å²) in [5.41, 5.74) is 0.414. The van der Waals surface area contributed by atoms with E-state index in [0.717, 1.165) is 11.5 Å². The molecule has 0 saturated carbocycles. The van der Waals surface area contributed by atoms with Crippen molar-refractivity contribution in [2.45, 2.75) is 17.7 Å². The van der Waals surface area contributed by atoms with Crippen LogP contribution in [0.4, 0.5) is 10.1 Å². The van der Waals surface area contributed by atoms with Crippen LogP contribution in [0.15, 0.2) is 59.6 Å². The molecular formula is C21H19ClFN3O3S. The van der Waals surface area contributed by atoms with Gasteiger partial charge in [-0.05, 0) is 43.2 Å². The maximum absolute atomic E-state index is 14.0. The van der Waals surface area contributed by atoms with Gasteiger partial charge < -0.3 is 5.32 Å². The van der Waals surface area contributed by atoms with Crippen molar-refractivity contribution in [3.05, 3.63) is 65.6 Å². The molecule has 2 heterocycles. The first-order chi connectivity index (χ1) is 14.4. The number of anilines is 1. The van der Waals surface area contributed by atoms with Gasteiger partial charge in [-0.15, -0.1) is 0 Å². The second-order valence-electron chi connectivity index (χ2n) is 7.15. The van der Waals surface area contributed by atoms with Crippen molar-refractivity contribution in [3.63, 3.8) is 0 Å². The Balaban J connectivity index is 1.56. The lowest BCUT2D eigenvalue weighted by Gasteiger charge is -2.31. The smallest absolute Gasteiger partial charge is 0.245 e. The Morgan fingerprint density at radius 3 is 2.80 bits per heavy atom. The fourth-order valence-electron chi connectivity index (χ4n) is 3.62. The number of hydrogen-bond donors (Lipinski definition) is 1. The number of carbonyl (C=O) groups is 1. The highest BCUT2D eigenvalue weighted by Gasteiger charge is 2.34. The highest BCUT2D eigenvalue weighted by molar-refractivity contribution is 7.89. The van der Waals surface area contributed by atoms with Crippen molar-refractivity contribution in [3.8, 4) is 0 Å². The van der Waals surface area contributed by atoms with E-state index in [1.54, 1.807) is 30.5 Å². The first-order valence-corrected chi connectivity index (χ1v) is 11.3. The maximum atomic E-state index is 14.0. The van der Waals surface area contributed by atoms with Crippen LogP contribution < -0.4 is 5.32 Å². The van der Waals surface area contributed by atoms with E-state index in [1.807, 2.05) is 0 Å². The zero-order valence-electron chi connectivity index (χ0n) is 15.9. The Morgan fingerprint density at radius 2 is 2.00 bits per heavy atom. The quantitative estimate of drug-likeness (QED) is 0.654. The van der Waals surface area contributed by atoms with Crippen LogP contribution in [0.5, 0.6) is 0 Å². The monoisotopic (exact) mass is 447 g/mol. The molecule has 1 amide bonds. The van der Waals surface area contributed by atoms with E-state index >= 15 is 0 Å². The third-order valence-electron chi connectivity index (χ3n) is 5.16. The van der Waals surface area contributed by atoms with Crippen LogP contribution >= 0.6 is 11.6 Å². The lowest BCUT2D eigenvalue weighted by molar-refractivity contribution is -0.120. The Kier molecular flexibility index (Phi) is 5.73. The molecule has 0 spiro atoms. The zero-order valence-corrected chi connectivity index (χ0v) is 17.5. The van der Waals surface area contributed by atoms with Crippen LogP contribution in [0.3, 0.4) is 0 Å². The van der Waals surface area contributed by atoms with Crippen molar-refractivity contribution in [1.82, 2.24) is 9.29 Å². The minimum Gasteiger partial charge on any atom is -0.323 e. The molecule has 30 heavy (non-hydrogen) atoms. The summed E-state index contributed by atoms with van der Waals surface area (Å²) in [6, 6.07) is 12.5. The Labute approximate surface area is 178 Å². The molecule has 9 heteroatoms. The molecule has 0 aliphatic carbocycles. The van der Waals surface area contributed by atoms with Crippen molar-refractivity contribution < 1.29 is 17.6 Å². The molecule has 1 aromatic heterocycles. The summed E-state index contributed by atoms with van der Waals surface area (Å²) in [4.78, 5) is 17.0. The van der Waals surface area contributed by atoms with Crippen molar-refractivity contribution in [2.75, 3.05) is 18.4 Å². The molecule has 6 nitrogen and oxygen atoms in total. The second-order valence-corrected chi connectivity index (χ2v) is 9.49. The van der Waals surface area contributed by atoms with Gasteiger partial charge in [-0.1, -0.05) is 29.8 Å². The number of amides is 1. The molecule has 1 saturated heterocycles. The fourth-order valence-corrected chi connectivity index (χ4v) is 5.47. The van der Waals surface area contributed by atoms with E-state index in [1.165, 1.54) is 22.5 Å². The summed E-state index contributed by atoms with van der Waals surface area (Å²) in [7, 11) is -3.84.